The monoisotopic (exact) mass is 430 g/mol. The molecule has 3 saturated carbocycles. The molecule has 1 aromatic rings. The van der Waals surface area contributed by atoms with Crippen LogP contribution in [0.5, 0.6) is 0 Å². The molecule has 0 saturated heterocycles. The van der Waals surface area contributed by atoms with Gasteiger partial charge in [-0.05, 0) is 86.3 Å². The highest BCUT2D eigenvalue weighted by Gasteiger charge is 2.59. The fraction of sp³-hybridized carbons (Fsp3) is 0.600. The Morgan fingerprint density at radius 2 is 1.78 bits per heavy atom. The Balaban J connectivity index is 1.31. The standard InChI is InChI=1S/C30H38O2/c1-29-17-15-23(31)20-27(29)22(12-8-4-7-11-21-9-5-3-6-10-21)19-24-25-13-14-28(32)30(25,2)18-16-26(24)29/h3,5-6,9-10,15,17,20,22,24-26H,4,7-8,11-14,16,18-19H2,1-2H3/t22-,24+,25+,26+,29-,30+/m1/s1. The van der Waals surface area contributed by atoms with Crippen LogP contribution in [-0.4, -0.2) is 11.6 Å². The van der Waals surface area contributed by atoms with Crippen molar-refractivity contribution in [3.05, 3.63) is 59.7 Å². The molecular formula is C30H38O2. The number of carbonyl (C=O) groups is 2. The van der Waals surface area contributed by atoms with E-state index in [2.05, 4.69) is 50.3 Å². The minimum absolute atomic E-state index is 0.00149. The lowest BCUT2D eigenvalue weighted by Gasteiger charge is -2.57. The molecule has 3 fully saturated rings. The van der Waals surface area contributed by atoms with Crippen molar-refractivity contribution in [2.24, 2.45) is 34.5 Å². The molecule has 0 aliphatic heterocycles. The summed E-state index contributed by atoms with van der Waals surface area (Å²) >= 11 is 0. The third-order valence-electron chi connectivity index (χ3n) is 9.79. The fourth-order valence-electron chi connectivity index (χ4n) is 8.01. The molecule has 4 aliphatic carbocycles. The minimum atomic E-state index is -0.0901. The number of Topliss-reactive ketones (excluding diaryl/α,β-unsaturated/α-hetero) is 1. The average molecular weight is 431 g/mol. The van der Waals surface area contributed by atoms with Crippen LogP contribution in [0.25, 0.3) is 0 Å². The van der Waals surface area contributed by atoms with Crippen molar-refractivity contribution in [1.29, 1.82) is 0 Å². The third-order valence-corrected chi connectivity index (χ3v) is 9.79. The summed E-state index contributed by atoms with van der Waals surface area (Å²) in [6.45, 7) is 4.65. The van der Waals surface area contributed by atoms with Gasteiger partial charge in [0, 0.05) is 17.3 Å². The van der Waals surface area contributed by atoms with Crippen LogP contribution in [0.3, 0.4) is 0 Å². The SMILES string of the molecule is C[C@]12C=CC(=O)C=C1[C@H](CCCCCc1ccccc1)C[C@@H]1[C@@H]2CC[C@]2(C)C(=O)CC[C@@H]12. The number of hydrogen-bond donors (Lipinski definition) is 0. The number of unbranched alkanes of at least 4 members (excludes halogenated alkanes) is 2. The van der Waals surface area contributed by atoms with Gasteiger partial charge in [0.15, 0.2) is 5.78 Å². The van der Waals surface area contributed by atoms with Gasteiger partial charge in [-0.1, -0.05) is 68.7 Å². The Morgan fingerprint density at radius 1 is 0.969 bits per heavy atom. The normalized spacial score (nSPS) is 38.1. The van der Waals surface area contributed by atoms with E-state index in [-0.39, 0.29) is 16.6 Å². The Kier molecular flexibility index (Phi) is 5.76. The molecule has 0 amide bonds. The Morgan fingerprint density at radius 3 is 2.59 bits per heavy atom. The molecule has 32 heavy (non-hydrogen) atoms. The number of allylic oxidation sites excluding steroid dienone is 4. The van der Waals surface area contributed by atoms with Crippen molar-refractivity contribution in [3.63, 3.8) is 0 Å². The van der Waals surface area contributed by atoms with Crippen molar-refractivity contribution in [1.82, 2.24) is 0 Å². The zero-order valence-corrected chi connectivity index (χ0v) is 19.8. The van der Waals surface area contributed by atoms with Crippen LogP contribution in [-0.2, 0) is 16.0 Å². The average Bonchev–Trinajstić information content (AvgIpc) is 3.10. The summed E-state index contributed by atoms with van der Waals surface area (Å²) < 4.78 is 0. The highest BCUT2D eigenvalue weighted by atomic mass is 16.1. The predicted molar refractivity (Wildman–Crippen MR) is 129 cm³/mol. The Hall–Kier alpha value is -1.96. The van der Waals surface area contributed by atoms with Crippen LogP contribution in [0.1, 0.15) is 77.2 Å². The zero-order chi connectivity index (χ0) is 22.3. The van der Waals surface area contributed by atoms with E-state index >= 15 is 0 Å². The molecule has 5 rings (SSSR count). The van der Waals surface area contributed by atoms with E-state index in [1.807, 2.05) is 12.2 Å². The topological polar surface area (TPSA) is 34.1 Å². The van der Waals surface area contributed by atoms with E-state index in [4.69, 9.17) is 0 Å². The van der Waals surface area contributed by atoms with Gasteiger partial charge in [-0.25, -0.2) is 0 Å². The van der Waals surface area contributed by atoms with E-state index in [0.717, 1.165) is 32.1 Å². The van der Waals surface area contributed by atoms with Gasteiger partial charge in [0.2, 0.25) is 0 Å². The molecule has 0 heterocycles. The molecular weight excluding hydrogens is 392 g/mol. The largest absolute Gasteiger partial charge is 0.299 e. The maximum atomic E-state index is 12.8. The van der Waals surface area contributed by atoms with Crippen molar-refractivity contribution >= 4 is 11.6 Å². The molecule has 1 aromatic carbocycles. The summed E-state index contributed by atoms with van der Waals surface area (Å²) in [5.74, 6) is 2.91. The summed E-state index contributed by atoms with van der Waals surface area (Å²) in [5.41, 5.74) is 2.74. The van der Waals surface area contributed by atoms with E-state index in [0.29, 0.717) is 29.5 Å². The maximum Gasteiger partial charge on any atom is 0.178 e. The molecule has 4 aliphatic rings. The van der Waals surface area contributed by atoms with Crippen molar-refractivity contribution in [2.75, 3.05) is 0 Å². The van der Waals surface area contributed by atoms with Gasteiger partial charge < -0.3 is 0 Å². The first-order chi connectivity index (χ1) is 15.4. The van der Waals surface area contributed by atoms with E-state index < -0.39 is 0 Å². The molecule has 0 unspecified atom stereocenters. The lowest BCUT2D eigenvalue weighted by molar-refractivity contribution is -0.132. The number of fused-ring (bicyclic) bond motifs is 5. The van der Waals surface area contributed by atoms with Gasteiger partial charge in [-0.3, -0.25) is 9.59 Å². The zero-order valence-electron chi connectivity index (χ0n) is 19.8. The summed E-state index contributed by atoms with van der Waals surface area (Å²) in [6.07, 6.45) is 17.3. The van der Waals surface area contributed by atoms with Crippen LogP contribution in [0, 0.1) is 34.5 Å². The maximum absolute atomic E-state index is 12.8. The Labute approximate surface area is 193 Å². The fourth-order valence-corrected chi connectivity index (χ4v) is 8.01. The van der Waals surface area contributed by atoms with Gasteiger partial charge in [0.05, 0.1) is 0 Å². The first-order valence-corrected chi connectivity index (χ1v) is 12.9. The molecule has 2 nitrogen and oxygen atoms in total. The number of rotatable bonds is 6. The van der Waals surface area contributed by atoms with Gasteiger partial charge >= 0.3 is 0 Å². The molecule has 0 spiro atoms. The quantitative estimate of drug-likeness (QED) is 0.460. The molecule has 0 N–H and O–H groups in total. The van der Waals surface area contributed by atoms with E-state index in [9.17, 15) is 9.59 Å². The van der Waals surface area contributed by atoms with Crippen LogP contribution in [0.15, 0.2) is 54.1 Å². The van der Waals surface area contributed by atoms with Crippen molar-refractivity contribution < 1.29 is 9.59 Å². The second kappa shape index (κ2) is 8.43. The lowest BCUT2D eigenvalue weighted by atomic mass is 9.46. The molecule has 0 aromatic heterocycles. The lowest BCUT2D eigenvalue weighted by Crippen LogP contribution is -2.51. The summed E-state index contributed by atoms with van der Waals surface area (Å²) in [4.78, 5) is 25.2. The summed E-state index contributed by atoms with van der Waals surface area (Å²) in [5, 5.41) is 0. The minimum Gasteiger partial charge on any atom is -0.299 e. The highest BCUT2D eigenvalue weighted by molar-refractivity contribution is 6.01. The van der Waals surface area contributed by atoms with Crippen LogP contribution in [0.4, 0.5) is 0 Å². The molecule has 0 radical (unpaired) electrons. The van der Waals surface area contributed by atoms with Crippen molar-refractivity contribution in [2.45, 2.75) is 78.1 Å². The molecule has 170 valence electrons. The van der Waals surface area contributed by atoms with Gasteiger partial charge in [0.1, 0.15) is 5.78 Å². The molecule has 2 heteroatoms. The first-order valence-electron chi connectivity index (χ1n) is 12.9. The number of aryl methyl sites for hydroxylation is 1. The van der Waals surface area contributed by atoms with Crippen LogP contribution < -0.4 is 0 Å². The number of benzene rings is 1. The smallest absolute Gasteiger partial charge is 0.178 e. The number of hydrogen-bond acceptors (Lipinski definition) is 2. The molecule has 6 atom stereocenters. The predicted octanol–water partition coefficient (Wildman–Crippen LogP) is 6.89. The van der Waals surface area contributed by atoms with Crippen molar-refractivity contribution in [3.8, 4) is 0 Å². The van der Waals surface area contributed by atoms with Crippen LogP contribution in [0.2, 0.25) is 0 Å². The molecule has 0 bridgehead atoms. The first kappa shape index (κ1) is 21.9. The second-order valence-electron chi connectivity index (χ2n) is 11.4. The highest BCUT2D eigenvalue weighted by Crippen LogP contribution is 2.65. The Bertz CT molecular complexity index is 941. The van der Waals surface area contributed by atoms with Crippen LogP contribution >= 0.6 is 0 Å². The van der Waals surface area contributed by atoms with Gasteiger partial charge in [-0.2, -0.15) is 0 Å². The van der Waals surface area contributed by atoms with E-state index in [1.54, 1.807) is 0 Å². The summed E-state index contributed by atoms with van der Waals surface area (Å²) in [7, 11) is 0. The van der Waals surface area contributed by atoms with Gasteiger partial charge in [-0.15, -0.1) is 0 Å². The second-order valence-corrected chi connectivity index (χ2v) is 11.4. The van der Waals surface area contributed by atoms with E-state index in [1.165, 1.54) is 43.2 Å². The summed E-state index contributed by atoms with van der Waals surface area (Å²) in [6, 6.07) is 10.8. The number of ketones is 2. The van der Waals surface area contributed by atoms with Gasteiger partial charge in [0.25, 0.3) is 0 Å². The number of carbonyl (C=O) groups excluding carboxylic acids is 2. The third kappa shape index (κ3) is 3.64.